The first-order chi connectivity index (χ1) is 13.8. The van der Waals surface area contributed by atoms with Crippen LogP contribution in [0.2, 0.25) is 0 Å². The Bertz CT molecular complexity index is 916. The van der Waals surface area contributed by atoms with Gasteiger partial charge in [-0.2, -0.15) is 0 Å². The smallest absolute Gasteiger partial charge is 0.543 e. The topological polar surface area (TPSA) is 177 Å². The Morgan fingerprint density at radius 1 is 1.47 bits per heavy atom. The molecule has 154 valence electrons. The number of thioether (sulfide) groups is 1. The Hall–Kier alpha value is -2.48. The third kappa shape index (κ3) is 4.64. The molecule has 1 aromatic heterocycles. The fourth-order valence-corrected chi connectivity index (χ4v) is 4.18. The minimum atomic E-state index is -1.60. The van der Waals surface area contributed by atoms with Crippen LogP contribution in [0.3, 0.4) is 0 Å². The number of furan rings is 1. The molecule has 0 saturated carbocycles. The standard InChI is InChI=1S/C16H16N4O8S.Na/c1-26-19-9(8-3-2-4-27-8)12(21)18-10-13(22)20-11(15(23)24)7(5-28-16(17)25)6-29-14(10)20;/h2-4,10,14H,5-6H2,1H3,(H2,17,25)(H,18,21)(H,23,24);/q;+1/p-1/b19-9-;/t10-,14?;/m1./s1. The van der Waals surface area contributed by atoms with Gasteiger partial charge in [0.25, 0.3) is 11.8 Å². The van der Waals surface area contributed by atoms with E-state index in [2.05, 4.69) is 20.0 Å². The number of nitrogens with zero attached hydrogens (tertiary/aromatic N) is 2. The molecular formula is C16H15N4NaO8S. The summed E-state index contributed by atoms with van der Waals surface area (Å²) in [4.78, 5) is 53.0. The molecular weight excluding hydrogens is 431 g/mol. The summed E-state index contributed by atoms with van der Waals surface area (Å²) in [5, 5.41) is 17.0. The SMILES string of the molecule is CO/N=C(\C(=O)N[C@@H]1C(=O)N2C(C(=O)[O-])=C(COC(N)=O)CSC12)c1ccco1.[Na+]. The van der Waals surface area contributed by atoms with E-state index < -0.39 is 41.0 Å². The first kappa shape index (κ1) is 23.8. The number of fused-ring (bicyclic) bond motifs is 1. The Morgan fingerprint density at radius 2 is 2.20 bits per heavy atom. The minimum Gasteiger partial charge on any atom is -0.543 e. The zero-order valence-corrected chi connectivity index (χ0v) is 18.8. The van der Waals surface area contributed by atoms with Crippen molar-refractivity contribution in [3.8, 4) is 0 Å². The zero-order chi connectivity index (χ0) is 21.1. The number of hydrogen-bond acceptors (Lipinski definition) is 10. The Labute approximate surface area is 196 Å². The first-order valence-corrected chi connectivity index (χ1v) is 9.16. The van der Waals surface area contributed by atoms with Gasteiger partial charge in [-0.25, -0.2) is 4.79 Å². The van der Waals surface area contributed by atoms with Gasteiger partial charge < -0.3 is 34.9 Å². The summed E-state index contributed by atoms with van der Waals surface area (Å²) in [6.07, 6.45) is 0.262. The van der Waals surface area contributed by atoms with Crippen LogP contribution in [0.25, 0.3) is 0 Å². The summed E-state index contributed by atoms with van der Waals surface area (Å²) in [6.45, 7) is -0.387. The van der Waals surface area contributed by atoms with E-state index in [9.17, 15) is 24.3 Å². The second kappa shape index (κ2) is 10.0. The van der Waals surface area contributed by atoms with Crippen LogP contribution in [0.5, 0.6) is 0 Å². The molecule has 3 N–H and O–H groups in total. The Kier molecular flexibility index (Phi) is 7.95. The summed E-state index contributed by atoms with van der Waals surface area (Å²) >= 11 is 1.18. The molecule has 1 unspecified atom stereocenters. The predicted molar refractivity (Wildman–Crippen MR) is 94.8 cm³/mol. The second-order valence-electron chi connectivity index (χ2n) is 5.81. The van der Waals surface area contributed by atoms with Gasteiger partial charge in [0.2, 0.25) is 5.71 Å². The summed E-state index contributed by atoms with van der Waals surface area (Å²) in [5.74, 6) is -2.74. The number of carboxylic acid groups (broad SMARTS) is 1. The van der Waals surface area contributed by atoms with Crippen LogP contribution in [0.15, 0.2) is 39.2 Å². The van der Waals surface area contributed by atoms with Crippen LogP contribution in [0.1, 0.15) is 5.76 Å². The van der Waals surface area contributed by atoms with Crippen molar-refractivity contribution >= 4 is 41.4 Å². The molecule has 3 heterocycles. The molecule has 0 aromatic carbocycles. The molecule has 0 radical (unpaired) electrons. The van der Waals surface area contributed by atoms with Crippen molar-refractivity contribution in [2.45, 2.75) is 11.4 Å². The van der Waals surface area contributed by atoms with Crippen LogP contribution >= 0.6 is 11.8 Å². The number of primary amides is 1. The normalized spacial score (nSPS) is 20.5. The largest absolute Gasteiger partial charge is 1.00 e. The Balaban J connectivity index is 0.00000320. The van der Waals surface area contributed by atoms with Gasteiger partial charge in [-0.05, 0) is 12.1 Å². The van der Waals surface area contributed by atoms with Crippen molar-refractivity contribution in [3.63, 3.8) is 0 Å². The molecule has 2 aliphatic heterocycles. The van der Waals surface area contributed by atoms with Crippen molar-refractivity contribution < 1.29 is 67.8 Å². The maximum Gasteiger partial charge on any atom is 1.00 e. The number of rotatable bonds is 7. The molecule has 30 heavy (non-hydrogen) atoms. The van der Waals surface area contributed by atoms with E-state index in [1.54, 1.807) is 6.07 Å². The average Bonchev–Trinajstić information content (AvgIpc) is 3.21. The van der Waals surface area contributed by atoms with Gasteiger partial charge >= 0.3 is 35.7 Å². The van der Waals surface area contributed by atoms with Gasteiger partial charge in [-0.1, -0.05) is 5.16 Å². The van der Waals surface area contributed by atoms with Gasteiger partial charge in [-0.15, -0.1) is 11.8 Å². The van der Waals surface area contributed by atoms with Crippen LogP contribution in [0, 0.1) is 0 Å². The molecule has 0 spiro atoms. The first-order valence-electron chi connectivity index (χ1n) is 8.11. The fraction of sp³-hybridized carbons (Fsp3) is 0.312. The number of nitrogens with two attached hydrogens (primary N) is 1. The molecule has 0 bridgehead atoms. The van der Waals surface area contributed by atoms with Gasteiger partial charge in [0.15, 0.2) is 5.76 Å². The number of carboxylic acids is 1. The van der Waals surface area contributed by atoms with Gasteiger partial charge in [-0.3, -0.25) is 14.5 Å². The van der Waals surface area contributed by atoms with Crippen molar-refractivity contribution in [1.29, 1.82) is 0 Å². The second-order valence-corrected chi connectivity index (χ2v) is 6.91. The quantitative estimate of drug-likeness (QED) is 0.180. The van der Waals surface area contributed by atoms with E-state index in [1.807, 2.05) is 0 Å². The molecule has 3 amide bonds. The molecule has 2 aliphatic rings. The number of ether oxygens (including phenoxy) is 1. The fourth-order valence-electron chi connectivity index (χ4n) is 2.85. The number of oxime groups is 1. The van der Waals surface area contributed by atoms with E-state index in [-0.39, 0.29) is 59.0 Å². The zero-order valence-electron chi connectivity index (χ0n) is 15.9. The molecule has 14 heteroatoms. The molecule has 0 aliphatic carbocycles. The van der Waals surface area contributed by atoms with Crippen LogP contribution in [-0.4, -0.2) is 65.4 Å². The van der Waals surface area contributed by atoms with Crippen molar-refractivity contribution in [2.24, 2.45) is 10.9 Å². The summed E-state index contributed by atoms with van der Waals surface area (Å²) < 4.78 is 9.75. The van der Waals surface area contributed by atoms with Crippen LogP contribution in [0.4, 0.5) is 4.79 Å². The van der Waals surface area contributed by atoms with Crippen molar-refractivity contribution in [3.05, 3.63) is 35.4 Å². The average molecular weight is 446 g/mol. The molecule has 1 aromatic rings. The number of aliphatic carboxylic acids is 1. The number of carbonyl (C=O) groups is 4. The van der Waals surface area contributed by atoms with Crippen molar-refractivity contribution in [2.75, 3.05) is 19.5 Å². The van der Waals surface area contributed by atoms with Crippen LogP contribution < -0.4 is 45.7 Å². The monoisotopic (exact) mass is 446 g/mol. The van der Waals surface area contributed by atoms with Crippen LogP contribution in [-0.2, 0) is 24.0 Å². The van der Waals surface area contributed by atoms with E-state index >= 15 is 0 Å². The maximum atomic E-state index is 12.5. The summed E-state index contributed by atoms with van der Waals surface area (Å²) in [5.41, 5.74) is 4.48. The molecule has 2 atom stereocenters. The van der Waals surface area contributed by atoms with Crippen molar-refractivity contribution in [1.82, 2.24) is 10.2 Å². The summed E-state index contributed by atoms with van der Waals surface area (Å²) in [7, 11) is 1.25. The van der Waals surface area contributed by atoms with Gasteiger partial charge in [0.05, 0.1) is 17.9 Å². The van der Waals surface area contributed by atoms with E-state index in [1.165, 1.54) is 31.2 Å². The van der Waals surface area contributed by atoms with Gasteiger partial charge in [0.1, 0.15) is 25.1 Å². The van der Waals surface area contributed by atoms with Gasteiger partial charge in [0, 0.05) is 11.3 Å². The Morgan fingerprint density at radius 3 is 2.77 bits per heavy atom. The third-order valence-electron chi connectivity index (χ3n) is 4.07. The number of nitrogens with one attached hydrogen (secondary N) is 1. The summed E-state index contributed by atoms with van der Waals surface area (Å²) in [6, 6.07) is 2.04. The number of carbonyl (C=O) groups excluding carboxylic acids is 4. The number of β-lactam (4-membered cyclic amide) rings is 1. The molecule has 1 fully saturated rings. The van der Waals surface area contributed by atoms with E-state index in [0.717, 1.165) is 4.90 Å². The van der Waals surface area contributed by atoms with E-state index in [4.69, 9.17) is 10.2 Å². The number of amides is 3. The predicted octanol–water partition coefficient (Wildman–Crippen LogP) is -4.87. The maximum absolute atomic E-state index is 12.5. The minimum absolute atomic E-state index is 0. The molecule has 3 rings (SSSR count). The van der Waals surface area contributed by atoms with E-state index in [0.29, 0.717) is 0 Å². The number of hydrogen-bond donors (Lipinski definition) is 2. The third-order valence-corrected chi connectivity index (χ3v) is 5.41. The molecule has 12 nitrogen and oxygen atoms in total. The molecule has 1 saturated heterocycles.